The number of aromatic nitrogens is 4. The second-order valence-corrected chi connectivity index (χ2v) is 6.97. The van der Waals surface area contributed by atoms with Crippen molar-refractivity contribution < 1.29 is 4.79 Å². The molecule has 2 aromatic heterocycles. The summed E-state index contributed by atoms with van der Waals surface area (Å²) in [6.07, 6.45) is 5.35. The number of carbonyl (C=O) groups is 1. The molecule has 1 atom stereocenters. The molecular formula is C20H22N6O2. The highest BCUT2D eigenvalue weighted by molar-refractivity contribution is 5.89. The van der Waals surface area contributed by atoms with Crippen LogP contribution in [0.25, 0.3) is 5.69 Å². The molecule has 0 unspecified atom stereocenters. The van der Waals surface area contributed by atoms with E-state index in [-0.39, 0.29) is 17.5 Å². The molecule has 4 rings (SSSR count). The van der Waals surface area contributed by atoms with Crippen LogP contribution in [-0.2, 0) is 0 Å². The molecule has 0 spiro atoms. The Hall–Kier alpha value is -3.42. The molecule has 1 aliphatic heterocycles. The van der Waals surface area contributed by atoms with Crippen molar-refractivity contribution in [2.45, 2.75) is 25.7 Å². The number of piperidine rings is 1. The van der Waals surface area contributed by atoms with Gasteiger partial charge in [-0.1, -0.05) is 6.07 Å². The zero-order valence-corrected chi connectivity index (χ0v) is 15.6. The van der Waals surface area contributed by atoms with Crippen molar-refractivity contribution in [3.05, 3.63) is 70.7 Å². The van der Waals surface area contributed by atoms with Gasteiger partial charge in [0.05, 0.1) is 11.4 Å². The number of hydrogen-bond acceptors (Lipinski definition) is 4. The van der Waals surface area contributed by atoms with Crippen LogP contribution in [0, 0.1) is 6.92 Å². The minimum absolute atomic E-state index is 0.0657. The van der Waals surface area contributed by atoms with Crippen molar-refractivity contribution in [1.29, 1.82) is 0 Å². The quantitative estimate of drug-likeness (QED) is 0.732. The van der Waals surface area contributed by atoms with Gasteiger partial charge in [-0.25, -0.2) is 14.5 Å². The predicted octanol–water partition coefficient (Wildman–Crippen LogP) is 2.68. The average Bonchev–Trinajstić information content (AvgIpc) is 3.22. The van der Waals surface area contributed by atoms with Crippen molar-refractivity contribution in [2.24, 2.45) is 0 Å². The Labute approximate surface area is 162 Å². The summed E-state index contributed by atoms with van der Waals surface area (Å²) in [6.45, 7) is 2.99. The molecule has 0 radical (unpaired) electrons. The fourth-order valence-corrected chi connectivity index (χ4v) is 3.56. The fraction of sp³-hybridized carbons (Fsp3) is 0.300. The molecule has 3 heterocycles. The van der Waals surface area contributed by atoms with Crippen LogP contribution in [0.3, 0.4) is 0 Å². The summed E-state index contributed by atoms with van der Waals surface area (Å²) in [5.41, 5.74) is 2.19. The number of aryl methyl sites for hydroxylation is 1. The highest BCUT2D eigenvalue weighted by atomic mass is 16.2. The molecule has 3 aromatic rings. The maximum atomic E-state index is 12.8. The summed E-state index contributed by atoms with van der Waals surface area (Å²) in [7, 11) is 0. The van der Waals surface area contributed by atoms with Crippen LogP contribution >= 0.6 is 0 Å². The van der Waals surface area contributed by atoms with Gasteiger partial charge in [0.15, 0.2) is 0 Å². The zero-order chi connectivity index (χ0) is 19.5. The third kappa shape index (κ3) is 3.95. The summed E-state index contributed by atoms with van der Waals surface area (Å²) < 4.78 is 1.74. The largest absolute Gasteiger partial charge is 0.324 e. The average molecular weight is 378 g/mol. The highest BCUT2D eigenvalue weighted by Gasteiger charge is 2.26. The van der Waals surface area contributed by atoms with E-state index in [4.69, 9.17) is 0 Å². The van der Waals surface area contributed by atoms with Crippen LogP contribution in [0.5, 0.6) is 0 Å². The highest BCUT2D eigenvalue weighted by Crippen LogP contribution is 2.25. The molecule has 2 amide bonds. The molecular weight excluding hydrogens is 356 g/mol. The van der Waals surface area contributed by atoms with Crippen LogP contribution in [0.1, 0.15) is 30.3 Å². The van der Waals surface area contributed by atoms with Crippen molar-refractivity contribution >= 4 is 11.7 Å². The maximum Gasteiger partial charge on any atom is 0.321 e. The first-order valence-electron chi connectivity index (χ1n) is 9.32. The first-order valence-corrected chi connectivity index (χ1v) is 9.32. The molecule has 1 saturated heterocycles. The van der Waals surface area contributed by atoms with E-state index in [1.165, 1.54) is 6.07 Å². The van der Waals surface area contributed by atoms with E-state index in [9.17, 15) is 9.59 Å². The Kier molecular flexibility index (Phi) is 4.92. The lowest BCUT2D eigenvalue weighted by Gasteiger charge is -2.32. The first-order chi connectivity index (χ1) is 13.6. The number of hydrogen-bond donors (Lipinski definition) is 2. The van der Waals surface area contributed by atoms with E-state index >= 15 is 0 Å². The number of H-pyrrole nitrogens is 1. The third-order valence-electron chi connectivity index (χ3n) is 4.87. The fourth-order valence-electron chi connectivity index (χ4n) is 3.56. The number of rotatable bonds is 3. The third-order valence-corrected chi connectivity index (χ3v) is 4.87. The zero-order valence-electron chi connectivity index (χ0n) is 15.6. The van der Waals surface area contributed by atoms with Crippen molar-refractivity contribution in [2.75, 3.05) is 18.4 Å². The first kappa shape index (κ1) is 18.0. The second kappa shape index (κ2) is 7.67. The van der Waals surface area contributed by atoms with Gasteiger partial charge in [0.2, 0.25) is 0 Å². The Morgan fingerprint density at radius 2 is 2.18 bits per heavy atom. The number of carbonyl (C=O) groups excluding carboxylic acids is 1. The van der Waals surface area contributed by atoms with Gasteiger partial charge in [0.1, 0.15) is 5.82 Å². The van der Waals surface area contributed by atoms with Gasteiger partial charge in [-0.05, 0) is 44.0 Å². The van der Waals surface area contributed by atoms with Gasteiger partial charge in [-0.15, -0.1) is 0 Å². The van der Waals surface area contributed by atoms with E-state index in [1.807, 2.05) is 36.5 Å². The van der Waals surface area contributed by atoms with Crippen molar-refractivity contribution in [3.63, 3.8) is 0 Å². The van der Waals surface area contributed by atoms with Gasteiger partial charge in [-0.3, -0.25) is 4.79 Å². The van der Waals surface area contributed by atoms with Gasteiger partial charge < -0.3 is 15.2 Å². The maximum absolute atomic E-state index is 12.8. The molecule has 0 bridgehead atoms. The molecule has 1 fully saturated rings. The molecule has 144 valence electrons. The SMILES string of the molecule is Cc1nc([C@H]2CCCN(C(=O)Nc3cccc(-n4cccn4)c3)C2)cc(=O)[nH]1. The number of urea groups is 1. The number of anilines is 1. The second-order valence-electron chi connectivity index (χ2n) is 6.97. The molecule has 8 nitrogen and oxygen atoms in total. The minimum atomic E-state index is -0.153. The van der Waals surface area contributed by atoms with Gasteiger partial charge in [0, 0.05) is 43.2 Å². The van der Waals surface area contributed by atoms with E-state index in [2.05, 4.69) is 20.4 Å². The standard InChI is InChI=1S/C20H22N6O2/c1-14-22-18(12-19(27)23-14)15-5-3-9-25(13-15)20(28)24-16-6-2-7-17(11-16)26-10-4-8-21-26/h2,4,6-8,10-12,15H,3,5,9,13H2,1H3,(H,24,28)(H,22,23,27)/t15-/m0/s1. The molecule has 1 aliphatic rings. The lowest BCUT2D eigenvalue weighted by atomic mass is 9.94. The summed E-state index contributed by atoms with van der Waals surface area (Å²) in [4.78, 5) is 33.4. The predicted molar refractivity (Wildman–Crippen MR) is 106 cm³/mol. The van der Waals surface area contributed by atoms with E-state index in [0.29, 0.717) is 24.6 Å². The van der Waals surface area contributed by atoms with Crippen LogP contribution in [0.4, 0.5) is 10.5 Å². The lowest BCUT2D eigenvalue weighted by molar-refractivity contribution is 0.192. The Morgan fingerprint density at radius 3 is 2.96 bits per heavy atom. The topological polar surface area (TPSA) is 95.9 Å². The Balaban J connectivity index is 1.46. The smallest absolute Gasteiger partial charge is 0.321 e. The van der Waals surface area contributed by atoms with Crippen LogP contribution < -0.4 is 10.9 Å². The summed E-state index contributed by atoms with van der Waals surface area (Å²) in [6, 6.07) is 10.8. The van der Waals surface area contributed by atoms with E-state index in [0.717, 1.165) is 24.2 Å². The molecule has 8 heteroatoms. The summed E-state index contributed by atoms with van der Waals surface area (Å²) in [5, 5.41) is 7.18. The summed E-state index contributed by atoms with van der Waals surface area (Å²) >= 11 is 0. The minimum Gasteiger partial charge on any atom is -0.324 e. The number of nitrogens with one attached hydrogen (secondary N) is 2. The lowest BCUT2D eigenvalue weighted by Crippen LogP contribution is -2.42. The number of likely N-dealkylation sites (tertiary alicyclic amines) is 1. The monoisotopic (exact) mass is 378 g/mol. The molecule has 2 N–H and O–H groups in total. The van der Waals surface area contributed by atoms with Crippen LogP contribution in [0.2, 0.25) is 0 Å². The summed E-state index contributed by atoms with van der Waals surface area (Å²) in [5.74, 6) is 0.662. The number of benzene rings is 1. The molecule has 0 saturated carbocycles. The number of amides is 2. The van der Waals surface area contributed by atoms with Crippen molar-refractivity contribution in [1.82, 2.24) is 24.6 Å². The van der Waals surface area contributed by atoms with Gasteiger partial charge >= 0.3 is 6.03 Å². The number of nitrogens with zero attached hydrogens (tertiary/aromatic N) is 4. The molecule has 28 heavy (non-hydrogen) atoms. The Morgan fingerprint density at radius 1 is 1.29 bits per heavy atom. The number of aromatic amines is 1. The van der Waals surface area contributed by atoms with Crippen molar-refractivity contribution in [3.8, 4) is 5.69 Å². The normalized spacial score (nSPS) is 16.8. The van der Waals surface area contributed by atoms with Crippen LogP contribution in [0.15, 0.2) is 53.6 Å². The van der Waals surface area contributed by atoms with Gasteiger partial charge in [-0.2, -0.15) is 5.10 Å². The van der Waals surface area contributed by atoms with E-state index in [1.54, 1.807) is 22.7 Å². The van der Waals surface area contributed by atoms with Crippen LogP contribution in [-0.4, -0.2) is 43.8 Å². The molecule has 0 aliphatic carbocycles. The van der Waals surface area contributed by atoms with E-state index < -0.39 is 0 Å². The van der Waals surface area contributed by atoms with Gasteiger partial charge in [0.25, 0.3) is 5.56 Å². The Bertz CT molecular complexity index is 1030. The molecule has 1 aromatic carbocycles.